The van der Waals surface area contributed by atoms with Gasteiger partial charge in [-0.05, 0) is 69.0 Å². The summed E-state index contributed by atoms with van der Waals surface area (Å²) < 4.78 is 26.3. The first-order valence-corrected chi connectivity index (χ1v) is 13.8. The SMILES string of the molecule is CN(C)CCCN(c1ccc(NC(=C2C(=O)Nc3cc(Cl)ccc32)c2ccccc2)cc1)S(C)(=O)=O. The molecule has 0 saturated heterocycles. The van der Waals surface area contributed by atoms with Crippen LogP contribution in [0.2, 0.25) is 5.02 Å². The summed E-state index contributed by atoms with van der Waals surface area (Å²) in [6, 6.07) is 22.1. The number of sulfonamides is 1. The van der Waals surface area contributed by atoms with Crippen LogP contribution in [-0.4, -0.2) is 52.7 Å². The molecule has 0 spiro atoms. The summed E-state index contributed by atoms with van der Waals surface area (Å²) in [6.45, 7) is 1.18. The van der Waals surface area contributed by atoms with Crippen LogP contribution in [0.3, 0.4) is 0 Å². The minimum atomic E-state index is -3.43. The smallest absolute Gasteiger partial charge is 0.258 e. The van der Waals surface area contributed by atoms with E-state index < -0.39 is 10.0 Å². The van der Waals surface area contributed by atoms with Crippen molar-refractivity contribution < 1.29 is 13.2 Å². The first kappa shape index (κ1) is 25.8. The first-order chi connectivity index (χ1) is 17.1. The largest absolute Gasteiger partial charge is 0.354 e. The third kappa shape index (κ3) is 5.90. The lowest BCUT2D eigenvalue weighted by atomic mass is 10.00. The molecule has 0 aliphatic carbocycles. The Labute approximate surface area is 217 Å². The van der Waals surface area contributed by atoms with Crippen molar-refractivity contribution in [2.45, 2.75) is 6.42 Å². The fraction of sp³-hybridized carbons (Fsp3) is 0.222. The molecule has 1 aliphatic rings. The van der Waals surface area contributed by atoms with Gasteiger partial charge in [-0.1, -0.05) is 48.0 Å². The van der Waals surface area contributed by atoms with Gasteiger partial charge < -0.3 is 15.5 Å². The van der Waals surface area contributed by atoms with Crippen LogP contribution in [0.5, 0.6) is 0 Å². The quantitative estimate of drug-likeness (QED) is 0.385. The van der Waals surface area contributed by atoms with Crippen molar-refractivity contribution in [3.8, 4) is 0 Å². The van der Waals surface area contributed by atoms with E-state index in [1.807, 2.05) is 67.5 Å². The third-order valence-corrected chi connectivity index (χ3v) is 7.26. The van der Waals surface area contributed by atoms with Crippen molar-refractivity contribution in [1.82, 2.24) is 4.90 Å². The Morgan fingerprint density at radius 2 is 1.67 bits per heavy atom. The second-order valence-corrected chi connectivity index (χ2v) is 11.3. The number of hydrogen-bond acceptors (Lipinski definition) is 5. The standard InChI is InChI=1S/C27H29ClN4O3S/c1-31(2)16-7-17-32(36(3,34)35)22-13-11-21(12-14-22)29-26(19-8-5-4-6-9-19)25-23-15-10-20(28)18-24(23)30-27(25)33/h4-6,8-15,18,29H,7,16-17H2,1-3H3,(H,30,33). The topological polar surface area (TPSA) is 81.8 Å². The molecule has 0 aromatic heterocycles. The zero-order chi connectivity index (χ0) is 25.9. The van der Waals surface area contributed by atoms with E-state index in [1.165, 1.54) is 10.6 Å². The number of rotatable bonds is 9. The predicted octanol–water partition coefficient (Wildman–Crippen LogP) is 4.99. The Hall–Kier alpha value is -3.33. The van der Waals surface area contributed by atoms with Gasteiger partial charge in [0.15, 0.2) is 0 Å². The minimum Gasteiger partial charge on any atom is -0.354 e. The zero-order valence-electron chi connectivity index (χ0n) is 20.5. The minimum absolute atomic E-state index is 0.223. The maximum atomic E-state index is 13.0. The zero-order valence-corrected chi connectivity index (χ0v) is 22.0. The van der Waals surface area contributed by atoms with Gasteiger partial charge in [-0.2, -0.15) is 0 Å². The summed E-state index contributed by atoms with van der Waals surface area (Å²) in [4.78, 5) is 15.0. The fourth-order valence-electron chi connectivity index (χ4n) is 4.15. The Bertz CT molecular complexity index is 1390. The summed E-state index contributed by atoms with van der Waals surface area (Å²) >= 11 is 6.13. The van der Waals surface area contributed by atoms with E-state index in [0.717, 1.165) is 23.4 Å². The van der Waals surface area contributed by atoms with Gasteiger partial charge in [0, 0.05) is 22.8 Å². The summed E-state index contributed by atoms with van der Waals surface area (Å²) in [5, 5.41) is 6.83. The number of amides is 1. The van der Waals surface area contributed by atoms with Gasteiger partial charge >= 0.3 is 0 Å². The molecule has 3 aromatic rings. The van der Waals surface area contributed by atoms with Gasteiger partial charge in [0.1, 0.15) is 0 Å². The third-order valence-electron chi connectivity index (χ3n) is 5.83. The second kappa shape index (κ2) is 10.7. The van der Waals surface area contributed by atoms with Crippen LogP contribution >= 0.6 is 11.6 Å². The molecule has 0 bridgehead atoms. The molecule has 36 heavy (non-hydrogen) atoms. The number of anilines is 3. The number of benzene rings is 3. The highest BCUT2D eigenvalue weighted by Gasteiger charge is 2.28. The molecule has 4 rings (SSSR count). The molecule has 0 atom stereocenters. The average molecular weight is 525 g/mol. The van der Waals surface area contributed by atoms with E-state index in [-0.39, 0.29) is 5.91 Å². The number of fused-ring (bicyclic) bond motifs is 1. The van der Waals surface area contributed by atoms with Gasteiger partial charge in [-0.15, -0.1) is 0 Å². The average Bonchev–Trinajstić information content (AvgIpc) is 3.15. The molecule has 1 heterocycles. The number of halogens is 1. The van der Waals surface area contributed by atoms with Crippen LogP contribution in [0.15, 0.2) is 72.8 Å². The van der Waals surface area contributed by atoms with Crippen LogP contribution in [0.1, 0.15) is 17.5 Å². The van der Waals surface area contributed by atoms with E-state index in [9.17, 15) is 13.2 Å². The molecule has 188 valence electrons. The molecular weight excluding hydrogens is 496 g/mol. The van der Waals surface area contributed by atoms with Gasteiger partial charge in [0.05, 0.1) is 28.9 Å². The van der Waals surface area contributed by atoms with Crippen LogP contribution < -0.4 is 14.9 Å². The number of hydrogen-bond donors (Lipinski definition) is 2. The monoisotopic (exact) mass is 524 g/mol. The summed E-state index contributed by atoms with van der Waals surface area (Å²) in [7, 11) is 0.489. The molecule has 1 amide bonds. The van der Waals surface area contributed by atoms with Crippen LogP contribution in [0.4, 0.5) is 17.1 Å². The molecular formula is C27H29ClN4O3S. The van der Waals surface area contributed by atoms with Gasteiger partial charge in [-0.3, -0.25) is 9.10 Å². The Morgan fingerprint density at radius 3 is 2.31 bits per heavy atom. The van der Waals surface area contributed by atoms with E-state index >= 15 is 0 Å². The van der Waals surface area contributed by atoms with Crippen LogP contribution in [0.25, 0.3) is 11.3 Å². The number of nitrogens with zero attached hydrogens (tertiary/aromatic N) is 2. The predicted molar refractivity (Wildman–Crippen MR) is 149 cm³/mol. The van der Waals surface area contributed by atoms with E-state index in [0.29, 0.717) is 40.6 Å². The molecule has 9 heteroatoms. The molecule has 2 N–H and O–H groups in total. The summed E-state index contributed by atoms with van der Waals surface area (Å²) in [5.41, 5.74) is 4.74. The normalized spacial score (nSPS) is 14.4. The lowest BCUT2D eigenvalue weighted by molar-refractivity contribution is -0.110. The maximum Gasteiger partial charge on any atom is 0.258 e. The van der Waals surface area contributed by atoms with Gasteiger partial charge in [0.25, 0.3) is 5.91 Å². The van der Waals surface area contributed by atoms with Crippen molar-refractivity contribution in [3.05, 3.63) is 88.9 Å². The maximum absolute atomic E-state index is 13.0. The Kier molecular flexibility index (Phi) is 7.68. The molecule has 7 nitrogen and oxygen atoms in total. The van der Waals surface area contributed by atoms with E-state index in [1.54, 1.807) is 24.3 Å². The molecule has 1 aliphatic heterocycles. The van der Waals surface area contributed by atoms with Gasteiger partial charge in [-0.25, -0.2) is 8.42 Å². The highest BCUT2D eigenvalue weighted by atomic mass is 35.5. The highest BCUT2D eigenvalue weighted by molar-refractivity contribution is 7.92. The first-order valence-electron chi connectivity index (χ1n) is 11.5. The van der Waals surface area contributed by atoms with Crippen molar-refractivity contribution in [2.24, 2.45) is 0 Å². The summed E-state index contributed by atoms with van der Waals surface area (Å²) in [6.07, 6.45) is 1.93. The summed E-state index contributed by atoms with van der Waals surface area (Å²) in [5.74, 6) is -0.223. The van der Waals surface area contributed by atoms with Gasteiger partial charge in [0.2, 0.25) is 10.0 Å². The van der Waals surface area contributed by atoms with E-state index in [4.69, 9.17) is 11.6 Å². The number of nitrogens with one attached hydrogen (secondary N) is 2. The molecule has 3 aromatic carbocycles. The number of carbonyl (C=O) groups excluding carboxylic acids is 1. The van der Waals surface area contributed by atoms with Crippen molar-refractivity contribution >= 4 is 55.9 Å². The molecule has 0 fully saturated rings. The lowest BCUT2D eigenvalue weighted by Crippen LogP contribution is -2.32. The Balaban J connectivity index is 1.69. The molecule has 0 unspecified atom stereocenters. The van der Waals surface area contributed by atoms with Crippen LogP contribution in [-0.2, 0) is 14.8 Å². The fourth-order valence-corrected chi connectivity index (χ4v) is 5.29. The number of carbonyl (C=O) groups is 1. The van der Waals surface area contributed by atoms with Crippen molar-refractivity contribution in [1.29, 1.82) is 0 Å². The molecule has 0 saturated carbocycles. The van der Waals surface area contributed by atoms with Crippen molar-refractivity contribution in [3.63, 3.8) is 0 Å². The second-order valence-electron chi connectivity index (χ2n) is 8.92. The van der Waals surface area contributed by atoms with Crippen LogP contribution in [0, 0.1) is 0 Å². The molecule has 0 radical (unpaired) electrons. The Morgan fingerprint density at radius 1 is 0.972 bits per heavy atom. The van der Waals surface area contributed by atoms with Crippen molar-refractivity contribution in [2.75, 3.05) is 48.4 Å². The lowest BCUT2D eigenvalue weighted by Gasteiger charge is -2.23. The highest BCUT2D eigenvalue weighted by Crippen LogP contribution is 2.38. The van der Waals surface area contributed by atoms with E-state index in [2.05, 4.69) is 10.6 Å².